The molecule has 4 nitrogen and oxygen atoms in total. The maximum atomic E-state index is 13.5. The first-order valence-electron chi connectivity index (χ1n) is 5.30. The lowest BCUT2D eigenvalue weighted by molar-refractivity contribution is 0.370. The Hall–Kier alpha value is -2.32. The Morgan fingerprint density at radius 3 is 3.11 bits per heavy atom. The number of hydrogen-bond donors (Lipinski definition) is 1. The highest BCUT2D eigenvalue weighted by Gasteiger charge is 2.06. The maximum Gasteiger partial charge on any atom is 0.224 e. The Kier molecular flexibility index (Phi) is 4.16. The van der Waals surface area contributed by atoms with Crippen molar-refractivity contribution >= 4 is 23.1 Å². The molecule has 1 heterocycles. The Labute approximate surface area is 114 Å². The van der Waals surface area contributed by atoms with Crippen molar-refractivity contribution in [3.05, 3.63) is 41.6 Å². The van der Waals surface area contributed by atoms with E-state index in [0.717, 1.165) is 6.20 Å². The summed E-state index contributed by atoms with van der Waals surface area (Å²) in [5.41, 5.74) is 0.600. The molecule has 0 aliphatic heterocycles. The number of aromatic nitrogens is 2. The minimum atomic E-state index is -0.598. The Bertz CT molecular complexity index is 628. The van der Waals surface area contributed by atoms with E-state index in [2.05, 4.69) is 21.2 Å². The number of nitrogens with one attached hydrogen (secondary N) is 1. The molecule has 0 bridgehead atoms. The van der Waals surface area contributed by atoms with E-state index in [1.807, 2.05) is 0 Å². The Balaban J connectivity index is 2.19. The first kappa shape index (κ1) is 13.1. The van der Waals surface area contributed by atoms with E-state index in [1.54, 1.807) is 24.3 Å². The molecule has 0 atom stereocenters. The van der Waals surface area contributed by atoms with E-state index in [9.17, 15) is 4.39 Å². The van der Waals surface area contributed by atoms with Crippen LogP contribution >= 0.6 is 11.6 Å². The van der Waals surface area contributed by atoms with E-state index >= 15 is 0 Å². The number of anilines is 2. The molecule has 2 rings (SSSR count). The van der Waals surface area contributed by atoms with Crippen LogP contribution in [0, 0.1) is 18.2 Å². The van der Waals surface area contributed by atoms with E-state index in [-0.39, 0.29) is 17.7 Å². The molecule has 0 aliphatic rings. The van der Waals surface area contributed by atoms with E-state index < -0.39 is 5.82 Å². The van der Waals surface area contributed by atoms with Crippen molar-refractivity contribution in [3.63, 3.8) is 0 Å². The molecule has 0 saturated carbocycles. The number of halogens is 2. The van der Waals surface area contributed by atoms with Crippen LogP contribution in [0.4, 0.5) is 15.9 Å². The molecule has 96 valence electrons. The maximum absolute atomic E-state index is 13.5. The normalized spacial score (nSPS) is 9.74. The van der Waals surface area contributed by atoms with Gasteiger partial charge in [-0.3, -0.25) is 0 Å². The van der Waals surface area contributed by atoms with Crippen molar-refractivity contribution < 1.29 is 9.13 Å². The van der Waals surface area contributed by atoms with Crippen LogP contribution in [0.15, 0.2) is 30.5 Å². The van der Waals surface area contributed by atoms with Crippen molar-refractivity contribution in [2.24, 2.45) is 0 Å². The number of hydrogen-bond acceptors (Lipinski definition) is 4. The second-order valence-corrected chi connectivity index (χ2v) is 3.82. The minimum Gasteiger partial charge on any atom is -0.481 e. The first-order valence-corrected chi connectivity index (χ1v) is 5.68. The van der Waals surface area contributed by atoms with Crippen LogP contribution in [-0.2, 0) is 0 Å². The lowest BCUT2D eigenvalue weighted by Crippen LogP contribution is -1.99. The molecule has 0 amide bonds. The Morgan fingerprint density at radius 2 is 2.32 bits per heavy atom. The number of terminal acetylenes is 1. The van der Waals surface area contributed by atoms with Crippen LogP contribution in [-0.4, -0.2) is 16.6 Å². The fourth-order valence-electron chi connectivity index (χ4n) is 1.36. The first-order chi connectivity index (χ1) is 9.19. The molecule has 0 unspecified atom stereocenters. The van der Waals surface area contributed by atoms with E-state index in [0.29, 0.717) is 11.4 Å². The summed E-state index contributed by atoms with van der Waals surface area (Å²) in [6.45, 7) is 0.164. The zero-order valence-electron chi connectivity index (χ0n) is 9.73. The van der Waals surface area contributed by atoms with Gasteiger partial charge in [-0.2, -0.15) is 4.98 Å². The third kappa shape index (κ3) is 3.57. The predicted molar refractivity (Wildman–Crippen MR) is 71.1 cm³/mol. The van der Waals surface area contributed by atoms with Crippen LogP contribution in [0.3, 0.4) is 0 Å². The van der Waals surface area contributed by atoms with Gasteiger partial charge in [0.2, 0.25) is 5.28 Å². The number of ether oxygens (including phenoxy) is 1. The van der Waals surface area contributed by atoms with Gasteiger partial charge in [-0.15, -0.1) is 6.42 Å². The van der Waals surface area contributed by atoms with Crippen molar-refractivity contribution in [2.75, 3.05) is 11.9 Å². The van der Waals surface area contributed by atoms with Crippen molar-refractivity contribution in [1.82, 2.24) is 9.97 Å². The Morgan fingerprint density at radius 1 is 1.47 bits per heavy atom. The summed E-state index contributed by atoms with van der Waals surface area (Å²) < 4.78 is 18.7. The van der Waals surface area contributed by atoms with Gasteiger partial charge in [0.05, 0.1) is 6.20 Å². The van der Waals surface area contributed by atoms with E-state index in [4.69, 9.17) is 22.8 Å². The minimum absolute atomic E-state index is 0.00546. The fourth-order valence-corrected chi connectivity index (χ4v) is 1.49. The summed E-state index contributed by atoms with van der Waals surface area (Å²) in [4.78, 5) is 7.29. The van der Waals surface area contributed by atoms with Crippen LogP contribution in [0.1, 0.15) is 0 Å². The fraction of sp³-hybridized carbons (Fsp3) is 0.0769. The lowest BCUT2D eigenvalue weighted by atomic mass is 10.3. The van der Waals surface area contributed by atoms with E-state index in [1.165, 1.54) is 0 Å². The lowest BCUT2D eigenvalue weighted by Gasteiger charge is -2.08. The largest absolute Gasteiger partial charge is 0.481 e. The average Bonchev–Trinajstić information content (AvgIpc) is 2.41. The number of rotatable bonds is 4. The molecule has 19 heavy (non-hydrogen) atoms. The molecule has 1 aromatic carbocycles. The van der Waals surface area contributed by atoms with Crippen LogP contribution < -0.4 is 10.1 Å². The van der Waals surface area contributed by atoms with Gasteiger partial charge in [-0.25, -0.2) is 9.37 Å². The highest BCUT2D eigenvalue weighted by atomic mass is 35.5. The third-order valence-electron chi connectivity index (χ3n) is 2.13. The summed E-state index contributed by atoms with van der Waals surface area (Å²) in [7, 11) is 0. The molecular formula is C13H9ClFN3O. The van der Waals surface area contributed by atoms with Gasteiger partial charge in [0.15, 0.2) is 11.6 Å². The summed E-state index contributed by atoms with van der Waals surface area (Å²) in [5, 5.41) is 2.75. The monoisotopic (exact) mass is 277 g/mol. The quantitative estimate of drug-likeness (QED) is 0.689. The molecule has 0 aliphatic carbocycles. The van der Waals surface area contributed by atoms with Crippen molar-refractivity contribution in [2.45, 2.75) is 0 Å². The standard InChI is InChI=1S/C13H9ClFN3O/c1-2-6-19-10-5-3-4-9(7-10)17-12-11(15)8-16-13(14)18-12/h1,3-5,7-8H,6H2,(H,16,17,18). The molecular weight excluding hydrogens is 269 g/mol. The number of nitrogens with zero attached hydrogens (tertiary/aromatic N) is 2. The van der Waals surface area contributed by atoms with Gasteiger partial charge < -0.3 is 10.1 Å². The summed E-state index contributed by atoms with van der Waals surface area (Å²) >= 11 is 5.61. The second-order valence-electron chi connectivity index (χ2n) is 3.48. The molecule has 6 heteroatoms. The van der Waals surface area contributed by atoms with Crippen molar-refractivity contribution in [3.8, 4) is 18.1 Å². The molecule has 0 spiro atoms. The molecule has 0 radical (unpaired) electrons. The van der Waals surface area contributed by atoms with Gasteiger partial charge in [0.25, 0.3) is 0 Å². The highest BCUT2D eigenvalue weighted by molar-refractivity contribution is 6.28. The van der Waals surface area contributed by atoms with Gasteiger partial charge in [0.1, 0.15) is 12.4 Å². The average molecular weight is 278 g/mol. The molecule has 1 N–H and O–H groups in total. The van der Waals surface area contributed by atoms with Gasteiger partial charge >= 0.3 is 0 Å². The van der Waals surface area contributed by atoms with Gasteiger partial charge in [-0.1, -0.05) is 12.0 Å². The van der Waals surface area contributed by atoms with Gasteiger partial charge in [-0.05, 0) is 23.7 Å². The molecule has 2 aromatic rings. The molecule has 1 aromatic heterocycles. The zero-order chi connectivity index (χ0) is 13.7. The van der Waals surface area contributed by atoms with Crippen molar-refractivity contribution in [1.29, 1.82) is 0 Å². The second kappa shape index (κ2) is 6.03. The SMILES string of the molecule is C#CCOc1cccc(Nc2nc(Cl)ncc2F)c1. The molecule has 0 saturated heterocycles. The van der Waals surface area contributed by atoms with Crippen LogP contribution in [0.5, 0.6) is 5.75 Å². The highest BCUT2D eigenvalue weighted by Crippen LogP contribution is 2.22. The zero-order valence-corrected chi connectivity index (χ0v) is 10.5. The number of benzene rings is 1. The molecule has 0 fully saturated rings. The summed E-state index contributed by atoms with van der Waals surface area (Å²) in [6, 6.07) is 6.89. The third-order valence-corrected chi connectivity index (χ3v) is 2.32. The van der Waals surface area contributed by atoms with Gasteiger partial charge in [0, 0.05) is 11.8 Å². The summed E-state index contributed by atoms with van der Waals surface area (Å²) in [5.74, 6) is 2.33. The van der Waals surface area contributed by atoms with Crippen LogP contribution in [0.25, 0.3) is 0 Å². The predicted octanol–water partition coefficient (Wildman–Crippen LogP) is 3.02. The topological polar surface area (TPSA) is 47.0 Å². The smallest absolute Gasteiger partial charge is 0.224 e. The summed E-state index contributed by atoms with van der Waals surface area (Å²) in [6.07, 6.45) is 6.10. The van der Waals surface area contributed by atoms with Crippen LogP contribution in [0.2, 0.25) is 5.28 Å².